The van der Waals surface area contributed by atoms with Crippen molar-refractivity contribution in [2.75, 3.05) is 11.9 Å². The molecule has 4 amide bonds. The Morgan fingerprint density at radius 1 is 0.696 bits per heavy atom. The van der Waals surface area contributed by atoms with Crippen molar-refractivity contribution in [1.82, 2.24) is 4.90 Å². The van der Waals surface area contributed by atoms with Gasteiger partial charge in [0.15, 0.2) is 0 Å². The lowest BCUT2D eigenvalue weighted by Gasteiger charge is -2.56. The number of aryl methyl sites for hydroxylation is 1. The molecule has 8 nitrogen and oxygen atoms in total. The van der Waals surface area contributed by atoms with Crippen molar-refractivity contribution < 1.29 is 29.4 Å². The van der Waals surface area contributed by atoms with Gasteiger partial charge < -0.3 is 10.2 Å². The number of amides is 4. The molecule has 7 atom stereocenters. The van der Waals surface area contributed by atoms with Crippen LogP contribution in [0.3, 0.4) is 0 Å². The van der Waals surface area contributed by atoms with Crippen molar-refractivity contribution in [3.8, 4) is 11.5 Å². The second kappa shape index (κ2) is 8.37. The highest BCUT2D eigenvalue weighted by atomic mass is 35.5. The van der Waals surface area contributed by atoms with E-state index in [0.29, 0.717) is 12.0 Å². The first kappa shape index (κ1) is 30.0. The number of benzene rings is 2. The first-order valence-corrected chi connectivity index (χ1v) is 16.5. The molecule has 2 heterocycles. The minimum Gasteiger partial charge on any atom is -0.508 e. The zero-order chi connectivity index (χ0) is 33.4. The Kier molecular flexibility index (Phi) is 5.46. The molecule has 0 radical (unpaired) electrons. The van der Waals surface area contributed by atoms with E-state index in [1.54, 1.807) is 25.1 Å². The van der Waals surface area contributed by atoms with Crippen LogP contribution in [0.5, 0.6) is 11.5 Å². The van der Waals surface area contributed by atoms with Gasteiger partial charge in [-0.3, -0.25) is 24.1 Å². The number of alkyl halides is 2. The number of imide groups is 2. The molecule has 2 aromatic carbocycles. The van der Waals surface area contributed by atoms with E-state index in [-0.39, 0.29) is 22.6 Å². The first-order chi connectivity index (χ1) is 21.2. The fourth-order valence-electron chi connectivity index (χ4n) is 10.6. The summed E-state index contributed by atoms with van der Waals surface area (Å²) in [6, 6.07) is 7.32. The van der Waals surface area contributed by atoms with Crippen LogP contribution in [-0.2, 0) is 35.4 Å². The van der Waals surface area contributed by atoms with Gasteiger partial charge in [-0.2, -0.15) is 0 Å². The third-order valence-corrected chi connectivity index (χ3v) is 13.7. The second-order valence-electron chi connectivity index (χ2n) is 15.9. The summed E-state index contributed by atoms with van der Waals surface area (Å²) in [7, 11) is 1.37. The highest BCUT2D eigenvalue weighted by molar-refractivity contribution is 6.40. The van der Waals surface area contributed by atoms with E-state index in [4.69, 9.17) is 23.2 Å². The summed E-state index contributed by atoms with van der Waals surface area (Å²) in [6.07, 6.45) is 3.05. The van der Waals surface area contributed by atoms with Crippen LogP contribution >= 0.6 is 23.2 Å². The average Bonchev–Trinajstić information content (AvgIpc) is 3.53. The minimum absolute atomic E-state index is 0.0371. The number of likely N-dealkylation sites (tertiary alicyclic amines) is 1. The molecular weight excluding hydrogens is 627 g/mol. The molecule has 3 fully saturated rings. The fraction of sp³-hybridized carbons (Fsp3) is 0.500. The quantitative estimate of drug-likeness (QED) is 0.243. The van der Waals surface area contributed by atoms with Gasteiger partial charge in [0.05, 0.1) is 39.1 Å². The van der Waals surface area contributed by atoms with Crippen molar-refractivity contribution in [2.45, 2.75) is 80.4 Å². The van der Waals surface area contributed by atoms with E-state index in [1.807, 2.05) is 13.0 Å². The normalized spacial score (nSPS) is 37.6. The monoisotopic (exact) mass is 662 g/mol. The number of hydrogen-bond acceptors (Lipinski definition) is 6. The maximum absolute atomic E-state index is 14.5. The van der Waals surface area contributed by atoms with Gasteiger partial charge in [-0.15, -0.1) is 23.2 Å². The predicted octanol–water partition coefficient (Wildman–Crippen LogP) is 5.32. The van der Waals surface area contributed by atoms with Crippen LogP contribution in [-0.4, -0.2) is 55.5 Å². The third-order valence-electron chi connectivity index (χ3n) is 12.4. The molecule has 2 aromatic rings. The van der Waals surface area contributed by atoms with Gasteiger partial charge in [0, 0.05) is 12.5 Å². The third kappa shape index (κ3) is 3.10. The molecule has 0 aromatic heterocycles. The molecule has 5 aliphatic carbocycles. The van der Waals surface area contributed by atoms with Gasteiger partial charge in [0.2, 0.25) is 23.6 Å². The lowest BCUT2D eigenvalue weighted by molar-refractivity contribution is -0.138. The molecule has 1 saturated carbocycles. The Balaban J connectivity index is 1.29. The van der Waals surface area contributed by atoms with E-state index >= 15 is 0 Å². The summed E-state index contributed by atoms with van der Waals surface area (Å²) < 4.78 is 0. The van der Waals surface area contributed by atoms with Gasteiger partial charge >= 0.3 is 0 Å². The van der Waals surface area contributed by atoms with Crippen LogP contribution in [0.15, 0.2) is 35.9 Å². The maximum atomic E-state index is 14.5. The molecule has 2 N–H and O–H groups in total. The molecular formula is C36H36Cl2N2O6. The number of phenolic OH excluding ortho intramolecular Hbond substituents is 2. The molecule has 9 rings (SSSR count). The number of rotatable bonds is 1. The zero-order valence-electron chi connectivity index (χ0n) is 26.8. The number of nitrogens with zero attached hydrogens (tertiary/aromatic N) is 2. The smallest absolute Gasteiger partial charge is 0.240 e. The van der Waals surface area contributed by atoms with Crippen LogP contribution in [0.4, 0.5) is 5.69 Å². The SMILES string of the molecule is CC1=CC2(Cl)C3C(=O)N(C)C(=O)C3C1(Cl)C1C(=O)N(c3cc4c(cc3O)C3(CC(C)(C)c5cc(C)c(O)cc53)CC4(C)C)C(=O)C12. The Labute approximate surface area is 277 Å². The summed E-state index contributed by atoms with van der Waals surface area (Å²) in [5.41, 5.74) is 4.16. The number of fused-ring (bicyclic) bond motifs is 4. The Bertz CT molecular complexity index is 1930. The molecule has 2 bridgehead atoms. The summed E-state index contributed by atoms with van der Waals surface area (Å²) in [4.78, 5) is 54.3. The first-order valence-electron chi connectivity index (χ1n) is 15.7. The van der Waals surface area contributed by atoms with E-state index in [2.05, 4.69) is 33.8 Å². The summed E-state index contributed by atoms with van der Waals surface area (Å²) in [5.74, 6) is -6.95. The number of hydrogen-bond donors (Lipinski definition) is 2. The number of phenols is 2. The van der Waals surface area contributed by atoms with E-state index < -0.39 is 67.9 Å². The highest BCUT2D eigenvalue weighted by Gasteiger charge is 2.80. The molecule has 7 aliphatic rings. The van der Waals surface area contributed by atoms with Crippen molar-refractivity contribution in [2.24, 2.45) is 23.7 Å². The molecule has 1 spiro atoms. The van der Waals surface area contributed by atoms with E-state index in [1.165, 1.54) is 7.05 Å². The lowest BCUT2D eigenvalue weighted by atomic mass is 9.51. The van der Waals surface area contributed by atoms with Crippen LogP contribution in [0.2, 0.25) is 0 Å². The van der Waals surface area contributed by atoms with Crippen LogP contribution in [0.25, 0.3) is 0 Å². The molecule has 2 saturated heterocycles. The van der Waals surface area contributed by atoms with Gasteiger partial charge in [-0.1, -0.05) is 45.4 Å². The number of aromatic hydroxyl groups is 2. The average molecular weight is 664 g/mol. The molecule has 2 aliphatic heterocycles. The van der Waals surface area contributed by atoms with Crippen molar-refractivity contribution in [3.05, 3.63) is 63.7 Å². The van der Waals surface area contributed by atoms with E-state index in [9.17, 15) is 29.4 Å². The largest absolute Gasteiger partial charge is 0.508 e. The van der Waals surface area contributed by atoms with Crippen LogP contribution in [0.1, 0.15) is 75.3 Å². The van der Waals surface area contributed by atoms with Crippen LogP contribution < -0.4 is 4.90 Å². The van der Waals surface area contributed by atoms with Crippen molar-refractivity contribution in [3.63, 3.8) is 0 Å². The maximum Gasteiger partial charge on any atom is 0.240 e. The molecule has 7 unspecified atom stereocenters. The van der Waals surface area contributed by atoms with Gasteiger partial charge in [-0.25, -0.2) is 4.90 Å². The van der Waals surface area contributed by atoms with Gasteiger partial charge in [0.1, 0.15) is 11.5 Å². The Morgan fingerprint density at radius 3 is 1.78 bits per heavy atom. The van der Waals surface area contributed by atoms with Gasteiger partial charge in [0.25, 0.3) is 0 Å². The summed E-state index contributed by atoms with van der Waals surface area (Å²) in [5, 5.41) is 22.5. The Hall–Kier alpha value is -3.36. The number of halogens is 2. The Morgan fingerprint density at radius 2 is 1.17 bits per heavy atom. The minimum atomic E-state index is -1.63. The zero-order valence-corrected chi connectivity index (χ0v) is 28.3. The molecule has 240 valence electrons. The number of anilines is 1. The number of carbonyl (C=O) groups is 4. The highest BCUT2D eigenvalue weighted by Crippen LogP contribution is 2.69. The lowest BCUT2D eigenvalue weighted by Crippen LogP contribution is -2.67. The van der Waals surface area contributed by atoms with Gasteiger partial charge in [-0.05, 0) is 83.5 Å². The standard InChI is InChI=1S/C36H36Cl2N2O6/c1-15-8-17-19(10-22(15)41)34(13-32(17,3)4)14-33(5,6)18-9-21(23(42)11-20(18)34)40-30(45)25-27(31(40)46)36(38)16(2)12-35(25,37)24-26(36)29(44)39(7)28(24)43/h8-12,24-27,41-42H,13-14H2,1-7H3. The van der Waals surface area contributed by atoms with Crippen molar-refractivity contribution in [1.29, 1.82) is 0 Å². The van der Waals surface area contributed by atoms with Crippen LogP contribution in [0, 0.1) is 30.6 Å². The molecule has 46 heavy (non-hydrogen) atoms. The fourth-order valence-corrected chi connectivity index (χ4v) is 11.7. The molecule has 10 heteroatoms. The van der Waals surface area contributed by atoms with Crippen molar-refractivity contribution >= 4 is 52.5 Å². The number of carbonyl (C=O) groups excluding carboxylic acids is 4. The number of allylic oxidation sites excluding steroid dienone is 2. The summed E-state index contributed by atoms with van der Waals surface area (Å²) in [6.45, 7) is 12.2. The predicted molar refractivity (Wildman–Crippen MR) is 172 cm³/mol. The second-order valence-corrected chi connectivity index (χ2v) is 17.1. The van der Waals surface area contributed by atoms with E-state index in [0.717, 1.165) is 44.0 Å². The summed E-state index contributed by atoms with van der Waals surface area (Å²) >= 11 is 14.5. The topological polar surface area (TPSA) is 115 Å².